The molecule has 0 N–H and O–H groups in total. The molecule has 0 unspecified atom stereocenters. The maximum absolute atomic E-state index is 6.92. The summed E-state index contributed by atoms with van der Waals surface area (Å²) in [5.74, 6) is 1.65. The molecule has 7 rings (SSSR count). The Morgan fingerprint density at radius 1 is 0.810 bits per heavy atom. The lowest BCUT2D eigenvalue weighted by Crippen LogP contribution is -2.11. The second-order valence-corrected chi connectivity index (χ2v) is 11.3. The Bertz CT molecular complexity index is 1910. The highest BCUT2D eigenvalue weighted by Crippen LogP contribution is 2.47. The minimum Gasteiger partial charge on any atom is -0.456 e. The number of alkyl halides is 1. The molecule has 3 heteroatoms. The molecular formula is C39H30INO. The van der Waals surface area contributed by atoms with Gasteiger partial charge in [-0.3, -0.25) is 0 Å². The second-order valence-electron chi connectivity index (χ2n) is 10.5. The summed E-state index contributed by atoms with van der Waals surface area (Å²) in [7, 11) is 0. The number of anilines is 3. The number of allylic oxidation sites excluding steroid dienone is 4. The number of rotatable bonds is 6. The maximum atomic E-state index is 6.92. The quantitative estimate of drug-likeness (QED) is 0.131. The Hall–Kier alpha value is -4.35. The van der Waals surface area contributed by atoms with Gasteiger partial charge in [-0.25, -0.2) is 0 Å². The van der Waals surface area contributed by atoms with Gasteiger partial charge in [-0.1, -0.05) is 126 Å². The fourth-order valence-electron chi connectivity index (χ4n) is 6.16. The number of hydrogen-bond donors (Lipinski definition) is 0. The van der Waals surface area contributed by atoms with E-state index < -0.39 is 0 Å². The number of hydrogen-bond acceptors (Lipinski definition) is 2. The first-order chi connectivity index (χ1) is 20.8. The summed E-state index contributed by atoms with van der Waals surface area (Å²) in [6, 6.07) is 34.1. The zero-order chi connectivity index (χ0) is 28.5. The predicted molar refractivity (Wildman–Crippen MR) is 188 cm³/mol. The molecule has 42 heavy (non-hydrogen) atoms. The van der Waals surface area contributed by atoms with Crippen molar-refractivity contribution in [3.63, 3.8) is 0 Å². The molecule has 0 atom stereocenters. The molecule has 5 aromatic rings. The fourth-order valence-corrected chi connectivity index (χ4v) is 6.95. The van der Waals surface area contributed by atoms with Crippen molar-refractivity contribution in [2.24, 2.45) is 0 Å². The van der Waals surface area contributed by atoms with Crippen molar-refractivity contribution in [2.45, 2.75) is 17.3 Å². The summed E-state index contributed by atoms with van der Waals surface area (Å²) in [5.41, 5.74) is 10.7. The molecule has 0 amide bonds. The van der Waals surface area contributed by atoms with Crippen LogP contribution in [0.3, 0.4) is 0 Å². The Morgan fingerprint density at radius 2 is 1.55 bits per heavy atom. The van der Waals surface area contributed by atoms with Gasteiger partial charge >= 0.3 is 0 Å². The molecule has 1 heterocycles. The molecule has 0 bridgehead atoms. The van der Waals surface area contributed by atoms with Crippen molar-refractivity contribution in [1.29, 1.82) is 0 Å². The second kappa shape index (κ2) is 11.5. The Labute approximate surface area is 261 Å². The normalized spacial score (nSPS) is 13.7. The van der Waals surface area contributed by atoms with Crippen molar-refractivity contribution >= 4 is 74.2 Å². The highest BCUT2D eigenvalue weighted by molar-refractivity contribution is 14.1. The number of nitrogens with zero attached hydrogens (tertiary/aromatic N) is 1. The van der Waals surface area contributed by atoms with Crippen LogP contribution in [0.25, 0.3) is 34.6 Å². The fraction of sp³-hybridized carbons (Fsp3) is 0.0769. The van der Waals surface area contributed by atoms with E-state index in [1.165, 1.54) is 27.6 Å². The SMILES string of the molecule is C=Cc1c(CI)c(C2=CC=CCC2)c2ccccc2c1Oc1ccc2c(c1)N(c1ccccc1)c1ccccc1C=C2. The number of halogens is 1. The molecule has 1 aliphatic heterocycles. The highest BCUT2D eigenvalue weighted by Gasteiger charge is 2.23. The van der Waals surface area contributed by atoms with Gasteiger partial charge in [0.05, 0.1) is 11.4 Å². The Kier molecular flexibility index (Phi) is 7.27. The summed E-state index contributed by atoms with van der Waals surface area (Å²) in [5, 5.41) is 2.33. The van der Waals surface area contributed by atoms with Crippen LogP contribution in [0.2, 0.25) is 0 Å². The Morgan fingerprint density at radius 3 is 2.31 bits per heavy atom. The lowest BCUT2D eigenvalue weighted by molar-refractivity contribution is 0.487. The lowest BCUT2D eigenvalue weighted by Gasteiger charge is -2.28. The summed E-state index contributed by atoms with van der Waals surface area (Å²) < 4.78 is 7.78. The smallest absolute Gasteiger partial charge is 0.142 e. The Balaban J connectivity index is 1.41. The molecular weight excluding hydrogens is 625 g/mol. The standard InChI is InChI=1S/C39H30INO/c1-2-32-35(26-40)38(29-14-5-3-6-15-29)33-18-10-11-19-34(33)39(32)42-31-24-23-28-22-21-27-13-9-12-20-36(27)41(37(28)25-31)30-16-7-4-8-17-30/h2-5,7-14,16-25H,1,6,15,26H2. The van der Waals surface area contributed by atoms with Crippen LogP contribution in [0.15, 0.2) is 122 Å². The summed E-state index contributed by atoms with van der Waals surface area (Å²) >= 11 is 2.48. The molecule has 0 aromatic heterocycles. The van der Waals surface area contributed by atoms with Crippen LogP contribution < -0.4 is 9.64 Å². The van der Waals surface area contributed by atoms with Crippen LogP contribution in [0.4, 0.5) is 17.1 Å². The average molecular weight is 656 g/mol. The first-order valence-electron chi connectivity index (χ1n) is 14.3. The molecule has 2 nitrogen and oxygen atoms in total. The molecule has 0 saturated carbocycles. The molecule has 0 saturated heterocycles. The predicted octanol–water partition coefficient (Wildman–Crippen LogP) is 11.9. The van der Waals surface area contributed by atoms with Crippen molar-refractivity contribution in [3.8, 4) is 11.5 Å². The highest BCUT2D eigenvalue weighted by atomic mass is 127. The molecule has 0 fully saturated rings. The third-order valence-corrected chi connectivity index (χ3v) is 8.85. The number of ether oxygens (including phenoxy) is 1. The van der Waals surface area contributed by atoms with Gasteiger partial charge in [-0.05, 0) is 76.4 Å². The van der Waals surface area contributed by atoms with E-state index in [4.69, 9.17) is 4.74 Å². The molecule has 204 valence electrons. The van der Waals surface area contributed by atoms with E-state index in [9.17, 15) is 0 Å². The van der Waals surface area contributed by atoms with Gasteiger partial charge in [0.25, 0.3) is 0 Å². The van der Waals surface area contributed by atoms with Crippen molar-refractivity contribution in [3.05, 3.63) is 150 Å². The third kappa shape index (κ3) is 4.68. The van der Waals surface area contributed by atoms with Crippen molar-refractivity contribution in [2.75, 3.05) is 4.90 Å². The van der Waals surface area contributed by atoms with Gasteiger partial charge in [0, 0.05) is 27.1 Å². The minimum absolute atomic E-state index is 0.794. The molecule has 0 spiro atoms. The van der Waals surface area contributed by atoms with Crippen LogP contribution in [0.5, 0.6) is 11.5 Å². The zero-order valence-corrected chi connectivity index (χ0v) is 25.4. The van der Waals surface area contributed by atoms with Gasteiger partial charge in [-0.2, -0.15) is 0 Å². The van der Waals surface area contributed by atoms with Gasteiger partial charge in [0.15, 0.2) is 0 Å². The average Bonchev–Trinajstić information content (AvgIpc) is 3.22. The van der Waals surface area contributed by atoms with Crippen LogP contribution in [-0.4, -0.2) is 0 Å². The first kappa shape index (κ1) is 26.5. The van der Waals surface area contributed by atoms with E-state index in [0.29, 0.717) is 0 Å². The molecule has 1 aliphatic carbocycles. The van der Waals surface area contributed by atoms with Gasteiger partial charge in [-0.15, -0.1) is 0 Å². The molecule has 0 radical (unpaired) electrons. The van der Waals surface area contributed by atoms with Crippen LogP contribution in [0.1, 0.15) is 40.7 Å². The summed E-state index contributed by atoms with van der Waals surface area (Å²) in [6.45, 7) is 4.26. The third-order valence-electron chi connectivity index (χ3n) is 8.08. The van der Waals surface area contributed by atoms with E-state index in [-0.39, 0.29) is 0 Å². The maximum Gasteiger partial charge on any atom is 0.142 e. The van der Waals surface area contributed by atoms with Crippen molar-refractivity contribution in [1.82, 2.24) is 0 Å². The van der Waals surface area contributed by atoms with Crippen LogP contribution >= 0.6 is 22.6 Å². The summed E-state index contributed by atoms with van der Waals surface area (Å²) in [6.07, 6.45) is 15.2. The number of fused-ring (bicyclic) bond motifs is 3. The monoisotopic (exact) mass is 655 g/mol. The van der Waals surface area contributed by atoms with Crippen molar-refractivity contribution < 1.29 is 4.74 Å². The number of para-hydroxylation sites is 2. The summed E-state index contributed by atoms with van der Waals surface area (Å²) in [4.78, 5) is 2.33. The molecule has 5 aromatic carbocycles. The van der Waals surface area contributed by atoms with E-state index in [0.717, 1.165) is 62.3 Å². The van der Waals surface area contributed by atoms with Gasteiger partial charge in [0.2, 0.25) is 0 Å². The van der Waals surface area contributed by atoms with Crippen LogP contribution in [0, 0.1) is 0 Å². The minimum atomic E-state index is 0.794. The van der Waals surface area contributed by atoms with Crippen LogP contribution in [-0.2, 0) is 4.43 Å². The van der Waals surface area contributed by atoms with E-state index in [1.54, 1.807) is 0 Å². The van der Waals surface area contributed by atoms with E-state index in [1.807, 2.05) is 6.08 Å². The van der Waals surface area contributed by atoms with Gasteiger partial charge in [0.1, 0.15) is 11.5 Å². The van der Waals surface area contributed by atoms with Gasteiger partial charge < -0.3 is 9.64 Å². The first-order valence-corrected chi connectivity index (χ1v) is 15.9. The molecule has 2 aliphatic rings. The van der Waals surface area contributed by atoms with E-state index in [2.05, 4.69) is 162 Å². The topological polar surface area (TPSA) is 12.5 Å². The number of benzene rings is 5. The largest absolute Gasteiger partial charge is 0.456 e. The zero-order valence-electron chi connectivity index (χ0n) is 23.3. The lowest BCUT2D eigenvalue weighted by atomic mass is 9.86. The van der Waals surface area contributed by atoms with E-state index >= 15 is 0 Å².